The third-order valence-corrected chi connectivity index (χ3v) is 3.81. The number of halogens is 1. The van der Waals surface area contributed by atoms with Crippen LogP contribution in [0.1, 0.15) is 5.56 Å². The average molecular weight is 280 g/mol. The molecule has 2 aromatic carbocycles. The second-order valence-corrected chi connectivity index (χ2v) is 5.18. The highest BCUT2D eigenvalue weighted by molar-refractivity contribution is 5.68. The molecule has 4 rings (SSSR count). The molecule has 0 unspecified atom stereocenters. The van der Waals surface area contributed by atoms with Gasteiger partial charge in [-0.15, -0.1) is 10.2 Å². The maximum absolute atomic E-state index is 13.5. The summed E-state index contributed by atoms with van der Waals surface area (Å²) < 4.78 is 15.5. The summed E-state index contributed by atoms with van der Waals surface area (Å²) in [6.07, 6.45) is 0.843. The number of nitrogens with zero attached hydrogens (tertiary/aromatic N) is 3. The molecule has 2 heterocycles. The van der Waals surface area contributed by atoms with Gasteiger partial charge in [-0.05, 0) is 36.2 Å². The maximum atomic E-state index is 13.5. The van der Waals surface area contributed by atoms with Crippen LogP contribution >= 0.6 is 0 Å². The van der Waals surface area contributed by atoms with E-state index in [0.29, 0.717) is 11.5 Å². The van der Waals surface area contributed by atoms with Gasteiger partial charge in [0.1, 0.15) is 5.82 Å². The van der Waals surface area contributed by atoms with Crippen molar-refractivity contribution in [1.29, 1.82) is 0 Å². The summed E-state index contributed by atoms with van der Waals surface area (Å²) in [6, 6.07) is 12.4. The Bertz CT molecular complexity index is 825. The van der Waals surface area contributed by atoms with Gasteiger partial charge in [-0.3, -0.25) is 0 Å². The molecule has 4 nitrogen and oxygen atoms in total. The Labute approximate surface area is 121 Å². The van der Waals surface area contributed by atoms with E-state index in [-0.39, 0.29) is 5.82 Å². The molecule has 3 aromatic rings. The van der Waals surface area contributed by atoms with Crippen LogP contribution in [0.15, 0.2) is 42.5 Å². The predicted octanol–water partition coefficient (Wildman–Crippen LogP) is 2.89. The molecule has 0 saturated heterocycles. The zero-order chi connectivity index (χ0) is 14.4. The summed E-state index contributed by atoms with van der Waals surface area (Å²) in [4.78, 5) is 0. The Morgan fingerprint density at radius 1 is 1.05 bits per heavy atom. The van der Waals surface area contributed by atoms with Crippen molar-refractivity contribution in [1.82, 2.24) is 14.8 Å². The molecule has 5 heteroatoms. The van der Waals surface area contributed by atoms with Gasteiger partial charge in [0.05, 0.1) is 0 Å². The Morgan fingerprint density at radius 2 is 1.90 bits per heavy atom. The van der Waals surface area contributed by atoms with Crippen molar-refractivity contribution in [2.45, 2.75) is 13.0 Å². The van der Waals surface area contributed by atoms with Crippen LogP contribution in [0.2, 0.25) is 0 Å². The molecular weight excluding hydrogens is 267 g/mol. The molecule has 0 amide bonds. The minimum absolute atomic E-state index is 0.254. The molecule has 1 aliphatic rings. The van der Waals surface area contributed by atoms with Crippen molar-refractivity contribution < 1.29 is 4.39 Å². The number of hydrogen-bond acceptors (Lipinski definition) is 3. The molecule has 0 atom stereocenters. The maximum Gasteiger partial charge on any atom is 0.164 e. The SMILES string of the molecule is Nc1cccc(-c2nnc3n2CCc2ccc(F)cc2-3)c1. The molecular formula is C16H13FN4. The highest BCUT2D eigenvalue weighted by Crippen LogP contribution is 2.32. The van der Waals surface area contributed by atoms with Crippen molar-refractivity contribution in [3.8, 4) is 22.8 Å². The number of aromatic nitrogens is 3. The summed E-state index contributed by atoms with van der Waals surface area (Å²) in [7, 11) is 0. The largest absolute Gasteiger partial charge is 0.399 e. The number of rotatable bonds is 1. The first-order valence-electron chi connectivity index (χ1n) is 6.80. The van der Waals surface area contributed by atoms with Crippen LogP contribution in [0.4, 0.5) is 10.1 Å². The van der Waals surface area contributed by atoms with Gasteiger partial charge in [0.2, 0.25) is 0 Å². The molecule has 0 bridgehead atoms. The monoisotopic (exact) mass is 280 g/mol. The van der Waals surface area contributed by atoms with Gasteiger partial charge in [0, 0.05) is 23.4 Å². The smallest absolute Gasteiger partial charge is 0.164 e. The van der Waals surface area contributed by atoms with Gasteiger partial charge >= 0.3 is 0 Å². The van der Waals surface area contributed by atoms with Crippen LogP contribution in [-0.4, -0.2) is 14.8 Å². The number of anilines is 1. The number of aryl methyl sites for hydroxylation is 1. The van der Waals surface area contributed by atoms with Crippen LogP contribution in [0.25, 0.3) is 22.8 Å². The first-order chi connectivity index (χ1) is 10.2. The Morgan fingerprint density at radius 3 is 2.76 bits per heavy atom. The van der Waals surface area contributed by atoms with E-state index in [0.717, 1.165) is 35.5 Å². The lowest BCUT2D eigenvalue weighted by molar-refractivity contribution is 0.622. The van der Waals surface area contributed by atoms with Gasteiger partial charge in [-0.2, -0.15) is 0 Å². The van der Waals surface area contributed by atoms with Gasteiger partial charge in [0.15, 0.2) is 11.6 Å². The Kier molecular flexibility index (Phi) is 2.54. The summed E-state index contributed by atoms with van der Waals surface area (Å²) in [5.74, 6) is 1.23. The second kappa shape index (κ2) is 4.41. The summed E-state index contributed by atoms with van der Waals surface area (Å²) >= 11 is 0. The molecule has 0 fully saturated rings. The van der Waals surface area contributed by atoms with E-state index < -0.39 is 0 Å². The topological polar surface area (TPSA) is 56.7 Å². The third kappa shape index (κ3) is 1.89. The number of benzene rings is 2. The van der Waals surface area contributed by atoms with Crippen molar-refractivity contribution in [2.24, 2.45) is 0 Å². The Hall–Kier alpha value is -2.69. The molecule has 21 heavy (non-hydrogen) atoms. The number of nitrogen functional groups attached to an aromatic ring is 1. The fraction of sp³-hybridized carbons (Fsp3) is 0.125. The summed E-state index contributed by atoms with van der Waals surface area (Å²) in [5.41, 5.74) is 9.37. The van der Waals surface area contributed by atoms with E-state index in [9.17, 15) is 4.39 Å². The lowest BCUT2D eigenvalue weighted by atomic mass is 10.0. The minimum Gasteiger partial charge on any atom is -0.399 e. The van der Waals surface area contributed by atoms with E-state index in [1.807, 2.05) is 34.9 Å². The quantitative estimate of drug-likeness (QED) is 0.697. The highest BCUT2D eigenvalue weighted by atomic mass is 19.1. The molecule has 0 spiro atoms. The normalized spacial score (nSPS) is 12.8. The molecule has 0 radical (unpaired) electrons. The van der Waals surface area contributed by atoms with Crippen molar-refractivity contribution in [3.63, 3.8) is 0 Å². The fourth-order valence-electron chi connectivity index (χ4n) is 2.81. The van der Waals surface area contributed by atoms with E-state index in [4.69, 9.17) is 5.73 Å². The second-order valence-electron chi connectivity index (χ2n) is 5.18. The first-order valence-corrected chi connectivity index (χ1v) is 6.80. The number of nitrogens with two attached hydrogens (primary N) is 1. The predicted molar refractivity (Wildman–Crippen MR) is 79.0 cm³/mol. The molecule has 2 N–H and O–H groups in total. The lowest BCUT2D eigenvalue weighted by Gasteiger charge is -2.18. The van der Waals surface area contributed by atoms with E-state index in [1.165, 1.54) is 12.1 Å². The van der Waals surface area contributed by atoms with E-state index in [1.54, 1.807) is 0 Å². The molecule has 1 aromatic heterocycles. The van der Waals surface area contributed by atoms with Crippen molar-refractivity contribution in [2.75, 3.05) is 5.73 Å². The van der Waals surface area contributed by atoms with Crippen LogP contribution in [-0.2, 0) is 13.0 Å². The van der Waals surface area contributed by atoms with E-state index >= 15 is 0 Å². The zero-order valence-electron chi connectivity index (χ0n) is 11.3. The number of fused-ring (bicyclic) bond motifs is 3. The highest BCUT2D eigenvalue weighted by Gasteiger charge is 2.22. The average Bonchev–Trinajstić information content (AvgIpc) is 2.91. The zero-order valence-corrected chi connectivity index (χ0v) is 11.3. The summed E-state index contributed by atoms with van der Waals surface area (Å²) in [6.45, 7) is 0.783. The van der Waals surface area contributed by atoms with Crippen molar-refractivity contribution in [3.05, 3.63) is 53.8 Å². The van der Waals surface area contributed by atoms with Crippen LogP contribution in [0, 0.1) is 5.82 Å². The number of hydrogen-bond donors (Lipinski definition) is 1. The van der Waals surface area contributed by atoms with E-state index in [2.05, 4.69) is 10.2 Å². The van der Waals surface area contributed by atoms with Gasteiger partial charge in [-0.1, -0.05) is 18.2 Å². The third-order valence-electron chi connectivity index (χ3n) is 3.81. The molecule has 104 valence electrons. The van der Waals surface area contributed by atoms with Gasteiger partial charge in [0.25, 0.3) is 0 Å². The molecule has 1 aliphatic heterocycles. The standard InChI is InChI=1S/C16H13FN4/c17-12-5-4-10-6-7-21-15(11-2-1-3-13(18)8-11)19-20-16(21)14(10)9-12/h1-5,8-9H,6-7,18H2. The van der Waals surface area contributed by atoms with Crippen LogP contribution in [0.3, 0.4) is 0 Å². The summed E-state index contributed by atoms with van der Waals surface area (Å²) in [5, 5.41) is 8.52. The van der Waals surface area contributed by atoms with Gasteiger partial charge < -0.3 is 10.3 Å². The van der Waals surface area contributed by atoms with Gasteiger partial charge in [-0.25, -0.2) is 4.39 Å². The fourth-order valence-corrected chi connectivity index (χ4v) is 2.81. The van der Waals surface area contributed by atoms with Crippen LogP contribution < -0.4 is 5.73 Å². The minimum atomic E-state index is -0.254. The molecule has 0 saturated carbocycles. The van der Waals surface area contributed by atoms with Crippen LogP contribution in [0.5, 0.6) is 0 Å². The Balaban J connectivity index is 1.89. The van der Waals surface area contributed by atoms with Crippen molar-refractivity contribution >= 4 is 5.69 Å². The first kappa shape index (κ1) is 12.1. The lowest BCUT2D eigenvalue weighted by Crippen LogP contribution is -2.12. The molecule has 0 aliphatic carbocycles.